The third kappa shape index (κ3) is 10.4. The first-order valence-electron chi connectivity index (χ1n) is 4.61. The topological polar surface area (TPSA) is 49.4 Å². The molecule has 1 aliphatic rings. The van der Waals surface area contributed by atoms with E-state index < -0.39 is 5.97 Å². The van der Waals surface area contributed by atoms with E-state index in [2.05, 4.69) is 13.3 Å². The fourth-order valence-corrected chi connectivity index (χ4v) is 1.40. The zero-order valence-corrected chi connectivity index (χ0v) is 14.8. The van der Waals surface area contributed by atoms with Crippen molar-refractivity contribution in [2.75, 3.05) is 7.11 Å². The van der Waals surface area contributed by atoms with Crippen molar-refractivity contribution in [1.82, 2.24) is 0 Å². The Balaban J connectivity index is 0. The van der Waals surface area contributed by atoms with Gasteiger partial charge >= 0.3 is 27.7 Å². The van der Waals surface area contributed by atoms with Crippen LogP contribution in [-0.4, -0.2) is 19.2 Å². The minimum absolute atomic E-state index is 0. The summed E-state index contributed by atoms with van der Waals surface area (Å²) in [6.45, 7) is 3.23. The van der Waals surface area contributed by atoms with Crippen LogP contribution in [0.2, 0.25) is 0 Å². The Morgan fingerprint density at radius 3 is 2.29 bits per heavy atom. The predicted octanol–water partition coefficient (Wildman–Crippen LogP) is 0.779. The molecule has 1 rings (SSSR count). The molecule has 0 unspecified atom stereocenters. The van der Waals surface area contributed by atoms with Gasteiger partial charge < -0.3 is 14.6 Å². The van der Waals surface area contributed by atoms with Gasteiger partial charge in [0, 0.05) is 13.1 Å². The van der Waals surface area contributed by atoms with Crippen LogP contribution >= 0.6 is 0 Å². The van der Waals surface area contributed by atoms with Gasteiger partial charge in [0.15, 0.2) is 0 Å². The van der Waals surface area contributed by atoms with Crippen LogP contribution in [0, 0.1) is 12.3 Å². The van der Waals surface area contributed by atoms with Crippen molar-refractivity contribution in [1.29, 1.82) is 0 Å². The maximum Gasteiger partial charge on any atom is 1.00 e. The van der Waals surface area contributed by atoms with Gasteiger partial charge in [-0.05, 0) is 25.7 Å². The number of carbonyl (C=O) groups excluding carboxylic acids is 1. The smallest absolute Gasteiger partial charge is 0.550 e. The van der Waals surface area contributed by atoms with Gasteiger partial charge in [-0.25, -0.2) is 0 Å². The van der Waals surface area contributed by atoms with E-state index in [1.807, 2.05) is 0 Å². The van der Waals surface area contributed by atoms with Crippen LogP contribution < -0.4 is 5.11 Å². The third-order valence-corrected chi connectivity index (χ3v) is 1.99. The van der Waals surface area contributed by atoms with Crippen molar-refractivity contribution < 1.29 is 42.3 Å². The van der Waals surface area contributed by atoms with Gasteiger partial charge in [-0.2, -0.15) is 0 Å². The van der Waals surface area contributed by atoms with E-state index in [1.54, 1.807) is 7.11 Å². The first kappa shape index (κ1) is 16.8. The number of carbonyl (C=O) groups is 1. The summed E-state index contributed by atoms with van der Waals surface area (Å²) in [5, 5.41) is 8.89. The van der Waals surface area contributed by atoms with Crippen molar-refractivity contribution >= 4 is 5.97 Å². The van der Waals surface area contributed by atoms with Crippen LogP contribution in [0.5, 0.6) is 0 Å². The van der Waals surface area contributed by atoms with Gasteiger partial charge in [-0.3, -0.25) is 0 Å². The van der Waals surface area contributed by atoms with Gasteiger partial charge in [0.1, 0.15) is 0 Å². The molecule has 14 heavy (non-hydrogen) atoms. The molecular formula is C10H18HgO3. The monoisotopic (exact) mass is 388 g/mol. The Kier molecular flexibility index (Phi) is 11.9. The van der Waals surface area contributed by atoms with Crippen molar-refractivity contribution in [2.45, 2.75) is 39.2 Å². The largest absolute Gasteiger partial charge is 1.00 e. The second-order valence-corrected chi connectivity index (χ2v) is 3.37. The maximum atomic E-state index is 8.89. The minimum Gasteiger partial charge on any atom is -0.550 e. The molecule has 1 fully saturated rings. The molecule has 1 aliphatic carbocycles. The fraction of sp³-hybridized carbons (Fsp3) is 0.800. The second-order valence-electron chi connectivity index (χ2n) is 3.37. The SMILES string of the molecule is CC(=O)[O-].CO[C@H]1[CH][C@@H](C)CCC1.[Hg+]. The van der Waals surface area contributed by atoms with Crippen LogP contribution in [0.25, 0.3) is 0 Å². The first-order chi connectivity index (χ1) is 6.06. The molecule has 0 aliphatic heterocycles. The Bertz CT molecular complexity index is 146. The van der Waals surface area contributed by atoms with Crippen molar-refractivity contribution in [3.63, 3.8) is 0 Å². The van der Waals surface area contributed by atoms with E-state index in [4.69, 9.17) is 14.6 Å². The Morgan fingerprint density at radius 1 is 1.50 bits per heavy atom. The van der Waals surface area contributed by atoms with E-state index in [1.165, 1.54) is 19.3 Å². The summed E-state index contributed by atoms with van der Waals surface area (Å²) in [4.78, 5) is 8.89. The number of rotatable bonds is 1. The zero-order valence-electron chi connectivity index (χ0n) is 9.29. The van der Waals surface area contributed by atoms with Crippen LogP contribution in [-0.2, 0) is 37.2 Å². The third-order valence-electron chi connectivity index (χ3n) is 1.99. The van der Waals surface area contributed by atoms with Gasteiger partial charge in [0.25, 0.3) is 0 Å². The summed E-state index contributed by atoms with van der Waals surface area (Å²) >= 11 is 0. The quantitative estimate of drug-likeness (QED) is 0.626. The predicted molar refractivity (Wildman–Crippen MR) is 48.8 cm³/mol. The summed E-state index contributed by atoms with van der Waals surface area (Å²) in [5.74, 6) is -0.316. The normalized spacial score (nSPS) is 25.4. The molecule has 0 bridgehead atoms. The van der Waals surface area contributed by atoms with Crippen molar-refractivity contribution in [3.05, 3.63) is 6.42 Å². The average molecular weight is 387 g/mol. The van der Waals surface area contributed by atoms with Gasteiger partial charge in [0.05, 0.1) is 6.10 Å². The number of aliphatic carboxylic acids is 1. The van der Waals surface area contributed by atoms with Crippen LogP contribution in [0.1, 0.15) is 33.1 Å². The number of carboxylic acid groups (broad SMARTS) is 1. The fourth-order valence-electron chi connectivity index (χ4n) is 1.40. The molecule has 0 heterocycles. The Hall–Kier alpha value is 0.365. The molecule has 4 heteroatoms. The minimum atomic E-state index is -1.08. The number of hydrogen-bond donors (Lipinski definition) is 0. The molecule has 0 saturated heterocycles. The van der Waals surface area contributed by atoms with E-state index in [0.29, 0.717) is 6.10 Å². The molecule has 2 atom stereocenters. The molecule has 2 radical (unpaired) electrons. The second kappa shape index (κ2) is 9.90. The van der Waals surface area contributed by atoms with Crippen LogP contribution in [0.15, 0.2) is 0 Å². The van der Waals surface area contributed by atoms with Crippen molar-refractivity contribution in [2.24, 2.45) is 5.92 Å². The molecule has 0 amide bonds. The molecule has 0 aromatic heterocycles. The van der Waals surface area contributed by atoms with Gasteiger partial charge in [-0.15, -0.1) is 0 Å². The standard InChI is InChI=1S/C8H15O.C2H4O2.Hg/c1-7-4-3-5-8(6-7)9-2;1-2(3)4;/h6-8H,3-5H2,1-2H3;1H3,(H,3,4);/q;;+1/p-1/t7-,8+;;/m0../s1. The molecule has 78 valence electrons. The summed E-state index contributed by atoms with van der Waals surface area (Å²) in [6.07, 6.45) is 6.65. The molecule has 0 aromatic rings. The molecule has 0 spiro atoms. The van der Waals surface area contributed by atoms with E-state index >= 15 is 0 Å². The molecule has 0 aromatic carbocycles. The van der Waals surface area contributed by atoms with Gasteiger partial charge in [-0.1, -0.05) is 19.8 Å². The molecule has 3 nitrogen and oxygen atoms in total. The maximum absolute atomic E-state index is 8.89. The Morgan fingerprint density at radius 2 is 2.00 bits per heavy atom. The molecular weight excluding hydrogens is 369 g/mol. The number of ether oxygens (including phenoxy) is 1. The zero-order chi connectivity index (χ0) is 10.3. The number of hydrogen-bond acceptors (Lipinski definition) is 3. The van der Waals surface area contributed by atoms with E-state index in [0.717, 1.165) is 12.8 Å². The Labute approximate surface area is 107 Å². The summed E-state index contributed by atoms with van der Waals surface area (Å²) in [7, 11) is 1.79. The first-order valence-corrected chi connectivity index (χ1v) is 4.61. The summed E-state index contributed by atoms with van der Waals surface area (Å²) < 4.78 is 5.21. The summed E-state index contributed by atoms with van der Waals surface area (Å²) in [5.41, 5.74) is 0. The molecule has 1 saturated carbocycles. The van der Waals surface area contributed by atoms with Gasteiger partial charge in [0.2, 0.25) is 0 Å². The van der Waals surface area contributed by atoms with E-state index in [-0.39, 0.29) is 27.7 Å². The summed E-state index contributed by atoms with van der Waals surface area (Å²) in [6, 6.07) is 0. The van der Waals surface area contributed by atoms with Crippen molar-refractivity contribution in [3.8, 4) is 0 Å². The average Bonchev–Trinajstić information content (AvgIpc) is 2.03. The molecule has 0 N–H and O–H groups in total. The van der Waals surface area contributed by atoms with E-state index in [9.17, 15) is 0 Å². The number of carboxylic acids is 1. The number of methoxy groups -OCH3 is 1. The van der Waals surface area contributed by atoms with Crippen LogP contribution in [0.4, 0.5) is 0 Å². The van der Waals surface area contributed by atoms with Crippen LogP contribution in [0.3, 0.4) is 0 Å².